The lowest BCUT2D eigenvalue weighted by Crippen LogP contribution is -2.30. The molecular weight excluding hydrogens is 364 g/mol. The Morgan fingerprint density at radius 2 is 1.39 bits per heavy atom. The standard InChI is InChI=1S/C24H24N2OS/c1-18(27)19-12-14-22(15-13-19)26-24(28)25-17-16-23(20-8-4-2-5-9-20)21-10-6-3-7-11-21/h2-15,23H,16-17H2,1H3,(H2,25,26,28). The van der Waals surface area contributed by atoms with Crippen molar-refractivity contribution in [3.05, 3.63) is 102 Å². The van der Waals surface area contributed by atoms with E-state index in [9.17, 15) is 4.79 Å². The summed E-state index contributed by atoms with van der Waals surface area (Å²) in [6.45, 7) is 2.32. The molecule has 0 spiro atoms. The van der Waals surface area contributed by atoms with Crippen molar-refractivity contribution >= 4 is 28.8 Å². The van der Waals surface area contributed by atoms with Crippen LogP contribution in [0.5, 0.6) is 0 Å². The minimum Gasteiger partial charge on any atom is -0.362 e. The maximum atomic E-state index is 11.4. The van der Waals surface area contributed by atoms with Crippen molar-refractivity contribution in [3.63, 3.8) is 0 Å². The molecule has 0 aromatic heterocycles. The van der Waals surface area contributed by atoms with Crippen LogP contribution < -0.4 is 10.6 Å². The van der Waals surface area contributed by atoms with Crippen LogP contribution in [0, 0.1) is 0 Å². The normalized spacial score (nSPS) is 10.5. The van der Waals surface area contributed by atoms with Crippen molar-refractivity contribution in [3.8, 4) is 0 Å². The largest absolute Gasteiger partial charge is 0.362 e. The number of nitrogens with one attached hydrogen (secondary N) is 2. The topological polar surface area (TPSA) is 41.1 Å². The predicted molar refractivity (Wildman–Crippen MR) is 120 cm³/mol. The predicted octanol–water partition coefficient (Wildman–Crippen LogP) is 5.40. The van der Waals surface area contributed by atoms with Gasteiger partial charge < -0.3 is 10.6 Å². The second-order valence-electron chi connectivity index (χ2n) is 6.68. The van der Waals surface area contributed by atoms with Gasteiger partial charge in [0.25, 0.3) is 0 Å². The van der Waals surface area contributed by atoms with Crippen LogP contribution in [0.4, 0.5) is 5.69 Å². The van der Waals surface area contributed by atoms with E-state index in [1.54, 1.807) is 19.1 Å². The van der Waals surface area contributed by atoms with Crippen molar-refractivity contribution in [1.82, 2.24) is 5.32 Å². The highest BCUT2D eigenvalue weighted by Gasteiger charge is 2.13. The molecule has 0 radical (unpaired) electrons. The third-order valence-corrected chi connectivity index (χ3v) is 4.92. The first-order valence-corrected chi connectivity index (χ1v) is 9.80. The molecule has 4 heteroatoms. The van der Waals surface area contributed by atoms with Crippen molar-refractivity contribution in [2.45, 2.75) is 19.3 Å². The third kappa shape index (κ3) is 5.51. The number of carbonyl (C=O) groups excluding carboxylic acids is 1. The molecule has 0 heterocycles. The number of Topliss-reactive ketones (excluding diaryl/α,β-unsaturated/α-hetero) is 1. The number of ketones is 1. The van der Waals surface area contributed by atoms with Gasteiger partial charge in [-0.1, -0.05) is 60.7 Å². The van der Waals surface area contributed by atoms with E-state index in [0.717, 1.165) is 18.7 Å². The van der Waals surface area contributed by atoms with Crippen LogP contribution in [0.15, 0.2) is 84.9 Å². The van der Waals surface area contributed by atoms with Crippen LogP contribution >= 0.6 is 12.2 Å². The van der Waals surface area contributed by atoms with Crippen molar-refractivity contribution in [1.29, 1.82) is 0 Å². The Morgan fingerprint density at radius 1 is 0.857 bits per heavy atom. The smallest absolute Gasteiger partial charge is 0.170 e. The lowest BCUT2D eigenvalue weighted by atomic mass is 9.88. The summed E-state index contributed by atoms with van der Waals surface area (Å²) in [6, 6.07) is 28.4. The van der Waals surface area contributed by atoms with E-state index in [2.05, 4.69) is 59.2 Å². The van der Waals surface area contributed by atoms with E-state index in [4.69, 9.17) is 12.2 Å². The second-order valence-corrected chi connectivity index (χ2v) is 7.09. The van der Waals surface area contributed by atoms with Crippen LogP contribution in [0.3, 0.4) is 0 Å². The van der Waals surface area contributed by atoms with Gasteiger partial charge in [-0.05, 0) is 61.0 Å². The van der Waals surface area contributed by atoms with Crippen LogP contribution in [0.2, 0.25) is 0 Å². The van der Waals surface area contributed by atoms with Gasteiger partial charge in [-0.3, -0.25) is 4.79 Å². The Kier molecular flexibility index (Phi) is 6.93. The zero-order chi connectivity index (χ0) is 19.8. The number of anilines is 1. The highest BCUT2D eigenvalue weighted by molar-refractivity contribution is 7.80. The number of benzene rings is 3. The first kappa shape index (κ1) is 19.8. The summed E-state index contributed by atoms with van der Waals surface area (Å²) in [5.74, 6) is 0.368. The molecule has 0 saturated carbocycles. The van der Waals surface area contributed by atoms with Gasteiger partial charge in [0.1, 0.15) is 0 Å². The Balaban J connectivity index is 1.58. The first-order valence-electron chi connectivity index (χ1n) is 9.39. The van der Waals surface area contributed by atoms with Gasteiger partial charge >= 0.3 is 0 Å². The number of thiocarbonyl (C=S) groups is 1. The molecule has 0 aliphatic rings. The quantitative estimate of drug-likeness (QED) is 0.420. The second kappa shape index (κ2) is 9.81. The van der Waals surface area contributed by atoms with Crippen LogP contribution in [-0.2, 0) is 0 Å². The average molecular weight is 389 g/mol. The van der Waals surface area contributed by atoms with Crippen LogP contribution in [0.1, 0.15) is 40.7 Å². The van der Waals surface area contributed by atoms with Crippen molar-refractivity contribution in [2.24, 2.45) is 0 Å². The Hall–Kier alpha value is -2.98. The van der Waals surface area contributed by atoms with E-state index in [0.29, 0.717) is 16.6 Å². The van der Waals surface area contributed by atoms with Gasteiger partial charge in [-0.2, -0.15) is 0 Å². The van der Waals surface area contributed by atoms with Crippen LogP contribution in [0.25, 0.3) is 0 Å². The molecule has 0 amide bonds. The fourth-order valence-electron chi connectivity index (χ4n) is 3.19. The third-order valence-electron chi connectivity index (χ3n) is 4.67. The zero-order valence-electron chi connectivity index (χ0n) is 15.9. The first-order chi connectivity index (χ1) is 13.6. The SMILES string of the molecule is CC(=O)c1ccc(NC(=S)NCCC(c2ccccc2)c2ccccc2)cc1. The molecular formula is C24H24N2OS. The molecule has 0 aliphatic carbocycles. The molecule has 3 aromatic carbocycles. The Morgan fingerprint density at radius 3 is 1.89 bits per heavy atom. The fourth-order valence-corrected chi connectivity index (χ4v) is 3.41. The Labute approximate surface area is 171 Å². The van der Waals surface area contributed by atoms with E-state index >= 15 is 0 Å². The Bertz CT molecular complexity index is 869. The van der Waals surface area contributed by atoms with Crippen LogP contribution in [-0.4, -0.2) is 17.4 Å². The summed E-state index contributed by atoms with van der Waals surface area (Å²) in [5, 5.41) is 7.04. The average Bonchev–Trinajstić information content (AvgIpc) is 2.73. The highest BCUT2D eigenvalue weighted by Crippen LogP contribution is 2.27. The summed E-state index contributed by atoms with van der Waals surface area (Å²) in [7, 11) is 0. The van der Waals surface area contributed by atoms with Gasteiger partial charge in [0.15, 0.2) is 10.9 Å². The lowest BCUT2D eigenvalue weighted by Gasteiger charge is -2.19. The number of hydrogen-bond donors (Lipinski definition) is 2. The summed E-state index contributed by atoms with van der Waals surface area (Å²) in [6.07, 6.45) is 0.930. The molecule has 3 nitrogen and oxygen atoms in total. The molecule has 0 fully saturated rings. The molecule has 0 aliphatic heterocycles. The highest BCUT2D eigenvalue weighted by atomic mass is 32.1. The minimum absolute atomic E-state index is 0.0557. The van der Waals surface area contributed by atoms with Gasteiger partial charge in [-0.15, -0.1) is 0 Å². The molecule has 28 heavy (non-hydrogen) atoms. The molecule has 142 valence electrons. The zero-order valence-corrected chi connectivity index (χ0v) is 16.7. The maximum Gasteiger partial charge on any atom is 0.170 e. The summed E-state index contributed by atoms with van der Waals surface area (Å²) in [4.78, 5) is 11.4. The monoisotopic (exact) mass is 388 g/mol. The maximum absolute atomic E-state index is 11.4. The fraction of sp³-hybridized carbons (Fsp3) is 0.167. The van der Waals surface area contributed by atoms with Gasteiger partial charge in [0, 0.05) is 23.7 Å². The van der Waals surface area contributed by atoms with E-state index in [1.165, 1.54) is 11.1 Å². The summed E-state index contributed by atoms with van der Waals surface area (Å²) < 4.78 is 0. The van der Waals surface area contributed by atoms with E-state index in [1.807, 2.05) is 24.3 Å². The van der Waals surface area contributed by atoms with Gasteiger partial charge in [0.2, 0.25) is 0 Å². The van der Waals surface area contributed by atoms with Gasteiger partial charge in [-0.25, -0.2) is 0 Å². The van der Waals surface area contributed by atoms with E-state index < -0.39 is 0 Å². The number of rotatable bonds is 7. The molecule has 3 rings (SSSR count). The molecule has 2 N–H and O–H groups in total. The van der Waals surface area contributed by atoms with Crippen molar-refractivity contribution in [2.75, 3.05) is 11.9 Å². The van der Waals surface area contributed by atoms with Gasteiger partial charge in [0.05, 0.1) is 0 Å². The molecule has 0 atom stereocenters. The minimum atomic E-state index is 0.0557. The van der Waals surface area contributed by atoms with E-state index in [-0.39, 0.29) is 5.78 Å². The van der Waals surface area contributed by atoms with Crippen molar-refractivity contribution < 1.29 is 4.79 Å². The molecule has 0 unspecified atom stereocenters. The molecule has 0 saturated heterocycles. The molecule has 0 bridgehead atoms. The number of carbonyl (C=O) groups is 1. The summed E-state index contributed by atoms with van der Waals surface area (Å²) >= 11 is 5.42. The lowest BCUT2D eigenvalue weighted by molar-refractivity contribution is 0.101. The molecule has 3 aromatic rings. The summed E-state index contributed by atoms with van der Waals surface area (Å²) in [5.41, 5.74) is 4.16. The number of hydrogen-bond acceptors (Lipinski definition) is 2.